The predicted molar refractivity (Wildman–Crippen MR) is 160 cm³/mol. The summed E-state index contributed by atoms with van der Waals surface area (Å²) >= 11 is 11.8. The van der Waals surface area contributed by atoms with Gasteiger partial charge < -0.3 is 20.2 Å². The molecule has 0 aliphatic carbocycles. The summed E-state index contributed by atoms with van der Waals surface area (Å²) in [6.07, 6.45) is 3.13. The highest BCUT2D eigenvalue weighted by atomic mass is 35.5. The molecule has 0 radical (unpaired) electrons. The number of imidazole rings is 2. The average molecular weight is 623 g/mol. The first-order valence-corrected chi connectivity index (χ1v) is 13.1. The van der Waals surface area contributed by atoms with Crippen LogP contribution in [-0.4, -0.2) is 49.3 Å². The SMILES string of the molecule is CC(C)n1cnc2c(Nc3cccc([N+](=O)[O-])c3)nc(Cl)nc21.O=[N+]([O-])c1cccc(Nc2nc(Cl)nc3nc[nH]c23)c1. The third-order valence-corrected chi connectivity index (χ3v) is 6.19. The molecule has 3 N–H and O–H groups in total. The second-order valence-corrected chi connectivity index (χ2v) is 9.74. The molecule has 0 unspecified atom stereocenters. The van der Waals surface area contributed by atoms with E-state index in [1.165, 1.54) is 30.6 Å². The number of fused-ring (bicyclic) bond motifs is 2. The number of nitrogens with zero attached hydrogens (tertiary/aromatic N) is 9. The standard InChI is InChI=1S/C14H13ClN6O2.C11H7ClN6O2/c1-8(2)20-7-16-11-12(18-14(15)19-13(11)20)17-9-4-3-5-10(6-9)21(22)23;12-11-16-9-8(13-5-14-9)10(17-11)15-6-2-1-3-7(4-6)18(19)20/h3-8H,1-2H3,(H,17,18,19);1-5H,(H2,13,14,15,16,17). The topological polar surface area (TPSA) is 208 Å². The van der Waals surface area contributed by atoms with E-state index >= 15 is 0 Å². The van der Waals surface area contributed by atoms with Crippen LogP contribution in [0.1, 0.15) is 19.9 Å². The van der Waals surface area contributed by atoms with E-state index in [4.69, 9.17) is 23.2 Å². The van der Waals surface area contributed by atoms with Gasteiger partial charge >= 0.3 is 0 Å². The highest BCUT2D eigenvalue weighted by Crippen LogP contribution is 2.28. The van der Waals surface area contributed by atoms with Crippen molar-refractivity contribution >= 4 is 79.9 Å². The maximum atomic E-state index is 10.9. The molecule has 4 heterocycles. The Bertz CT molecular complexity index is 1980. The summed E-state index contributed by atoms with van der Waals surface area (Å²) in [5, 5.41) is 27.7. The fraction of sp³-hybridized carbons (Fsp3) is 0.120. The first-order valence-electron chi connectivity index (χ1n) is 12.4. The molecule has 2 aromatic carbocycles. The van der Waals surface area contributed by atoms with Gasteiger partial charge in [-0.25, -0.2) is 9.97 Å². The van der Waals surface area contributed by atoms with Gasteiger partial charge in [0.15, 0.2) is 28.4 Å². The quantitative estimate of drug-likeness (QED) is 0.101. The van der Waals surface area contributed by atoms with Crippen LogP contribution in [0.4, 0.5) is 34.4 Å². The zero-order valence-corrected chi connectivity index (χ0v) is 23.8. The molecule has 16 nitrogen and oxygen atoms in total. The van der Waals surface area contributed by atoms with Crippen molar-refractivity contribution in [1.82, 2.24) is 39.5 Å². The molecule has 0 amide bonds. The molecular formula is C25H20Cl2N12O4. The van der Waals surface area contributed by atoms with Gasteiger partial charge in [-0.05, 0) is 49.2 Å². The number of hydrogen-bond donors (Lipinski definition) is 3. The first kappa shape index (κ1) is 29.0. The molecule has 0 saturated carbocycles. The summed E-state index contributed by atoms with van der Waals surface area (Å²) in [6, 6.07) is 12.4. The van der Waals surface area contributed by atoms with E-state index in [-0.39, 0.29) is 28.0 Å². The molecule has 0 aliphatic rings. The molecule has 43 heavy (non-hydrogen) atoms. The van der Waals surface area contributed by atoms with Gasteiger partial charge in [-0.2, -0.15) is 19.9 Å². The van der Waals surface area contributed by atoms with E-state index in [0.717, 1.165) is 0 Å². The number of aromatic amines is 1. The summed E-state index contributed by atoms with van der Waals surface area (Å²) in [5.74, 6) is 0.804. The van der Waals surface area contributed by atoms with Crippen LogP contribution in [0.3, 0.4) is 0 Å². The minimum Gasteiger partial charge on any atom is -0.340 e. The Kier molecular flexibility index (Phi) is 8.22. The predicted octanol–water partition coefficient (Wildman–Crippen LogP) is 6.37. The Morgan fingerprint density at radius 2 is 1.42 bits per heavy atom. The maximum absolute atomic E-state index is 10.9. The van der Waals surface area contributed by atoms with E-state index in [2.05, 4.69) is 45.5 Å². The molecular weight excluding hydrogens is 603 g/mol. The van der Waals surface area contributed by atoms with Crippen LogP contribution in [0.5, 0.6) is 0 Å². The number of H-pyrrole nitrogens is 1. The lowest BCUT2D eigenvalue weighted by molar-refractivity contribution is -0.385. The van der Waals surface area contributed by atoms with Crippen LogP contribution in [0.2, 0.25) is 10.6 Å². The van der Waals surface area contributed by atoms with Crippen molar-refractivity contribution in [2.45, 2.75) is 19.9 Å². The van der Waals surface area contributed by atoms with Gasteiger partial charge in [-0.3, -0.25) is 20.2 Å². The van der Waals surface area contributed by atoms with E-state index < -0.39 is 9.85 Å². The number of rotatable bonds is 7. The number of halogens is 2. The van der Waals surface area contributed by atoms with E-state index in [1.54, 1.807) is 30.6 Å². The lowest BCUT2D eigenvalue weighted by Crippen LogP contribution is -2.02. The normalized spacial score (nSPS) is 10.9. The number of non-ortho nitro benzene ring substituents is 2. The second-order valence-electron chi connectivity index (χ2n) is 9.07. The minimum absolute atomic E-state index is 0.0147. The molecule has 0 atom stereocenters. The molecule has 0 bridgehead atoms. The Morgan fingerprint density at radius 1 is 0.837 bits per heavy atom. The third-order valence-electron chi connectivity index (χ3n) is 5.85. The van der Waals surface area contributed by atoms with Crippen molar-refractivity contribution in [3.05, 3.63) is 92.0 Å². The number of nitro groups is 2. The molecule has 218 valence electrons. The maximum Gasteiger partial charge on any atom is 0.271 e. The van der Waals surface area contributed by atoms with Crippen molar-refractivity contribution in [2.24, 2.45) is 0 Å². The van der Waals surface area contributed by atoms with Crippen molar-refractivity contribution < 1.29 is 9.85 Å². The molecule has 0 saturated heterocycles. The van der Waals surface area contributed by atoms with Crippen molar-refractivity contribution in [3.63, 3.8) is 0 Å². The molecule has 4 aromatic heterocycles. The van der Waals surface area contributed by atoms with Crippen LogP contribution in [0.25, 0.3) is 22.3 Å². The van der Waals surface area contributed by atoms with Crippen molar-refractivity contribution in [3.8, 4) is 0 Å². The van der Waals surface area contributed by atoms with E-state index in [1.807, 2.05) is 18.4 Å². The Hall–Kier alpha value is -5.48. The van der Waals surface area contributed by atoms with Gasteiger partial charge in [0.05, 0.1) is 22.5 Å². The molecule has 0 fully saturated rings. The summed E-state index contributed by atoms with van der Waals surface area (Å²) in [5.41, 5.74) is 3.15. The summed E-state index contributed by atoms with van der Waals surface area (Å²) in [6.45, 7) is 4.01. The van der Waals surface area contributed by atoms with Crippen LogP contribution in [-0.2, 0) is 0 Å². The van der Waals surface area contributed by atoms with Gasteiger partial charge in [0, 0.05) is 41.7 Å². The highest BCUT2D eigenvalue weighted by molar-refractivity contribution is 6.29. The smallest absolute Gasteiger partial charge is 0.271 e. The molecule has 0 aliphatic heterocycles. The summed E-state index contributed by atoms with van der Waals surface area (Å²) in [4.78, 5) is 48.2. The lowest BCUT2D eigenvalue weighted by atomic mass is 10.3. The number of aromatic nitrogens is 8. The third kappa shape index (κ3) is 6.55. The van der Waals surface area contributed by atoms with E-state index in [0.29, 0.717) is 45.3 Å². The van der Waals surface area contributed by atoms with Gasteiger partial charge in [0.1, 0.15) is 5.52 Å². The van der Waals surface area contributed by atoms with Gasteiger partial charge in [0.2, 0.25) is 10.6 Å². The van der Waals surface area contributed by atoms with Crippen LogP contribution < -0.4 is 10.6 Å². The summed E-state index contributed by atoms with van der Waals surface area (Å²) < 4.78 is 1.88. The number of benzene rings is 2. The molecule has 18 heteroatoms. The average Bonchev–Trinajstić information content (AvgIpc) is 3.61. The van der Waals surface area contributed by atoms with Gasteiger partial charge in [0.25, 0.3) is 11.4 Å². The Balaban J connectivity index is 0.000000173. The summed E-state index contributed by atoms with van der Waals surface area (Å²) in [7, 11) is 0. The van der Waals surface area contributed by atoms with Crippen LogP contribution >= 0.6 is 23.2 Å². The number of nitrogens with one attached hydrogen (secondary N) is 3. The number of anilines is 4. The molecule has 0 spiro atoms. The van der Waals surface area contributed by atoms with Crippen molar-refractivity contribution in [2.75, 3.05) is 10.6 Å². The van der Waals surface area contributed by atoms with Gasteiger partial charge in [-0.15, -0.1) is 0 Å². The second kappa shape index (κ2) is 12.2. The molecule has 6 rings (SSSR count). The minimum atomic E-state index is -0.468. The first-order chi connectivity index (χ1) is 20.6. The van der Waals surface area contributed by atoms with Crippen LogP contribution in [0, 0.1) is 20.2 Å². The molecule has 6 aromatic rings. The monoisotopic (exact) mass is 622 g/mol. The lowest BCUT2D eigenvalue weighted by Gasteiger charge is -2.09. The number of nitro benzene ring substituents is 2. The fourth-order valence-electron chi connectivity index (χ4n) is 3.92. The fourth-order valence-corrected chi connectivity index (χ4v) is 4.25. The van der Waals surface area contributed by atoms with Crippen molar-refractivity contribution in [1.29, 1.82) is 0 Å². The zero-order valence-electron chi connectivity index (χ0n) is 22.3. The highest BCUT2D eigenvalue weighted by Gasteiger charge is 2.16. The largest absolute Gasteiger partial charge is 0.340 e. The van der Waals surface area contributed by atoms with E-state index in [9.17, 15) is 20.2 Å². The number of hydrogen-bond acceptors (Lipinski definition) is 12. The Morgan fingerprint density at radius 3 is 2.02 bits per heavy atom. The Labute approximate surface area is 251 Å². The van der Waals surface area contributed by atoms with Crippen LogP contribution in [0.15, 0.2) is 61.2 Å². The zero-order chi connectivity index (χ0) is 30.7. The van der Waals surface area contributed by atoms with Gasteiger partial charge in [-0.1, -0.05) is 12.1 Å².